The molecule has 15 heavy (non-hydrogen) atoms. The van der Waals surface area contributed by atoms with Gasteiger partial charge in [-0.2, -0.15) is 5.10 Å². The van der Waals surface area contributed by atoms with Gasteiger partial charge in [0.15, 0.2) is 0 Å². The summed E-state index contributed by atoms with van der Waals surface area (Å²) in [5, 5.41) is 4.81. The number of nitrogens with zero attached hydrogens (tertiary/aromatic N) is 2. The third-order valence-electron chi connectivity index (χ3n) is 2.04. The van der Waals surface area contributed by atoms with E-state index in [1.54, 1.807) is 12.3 Å². The molecule has 0 aliphatic carbocycles. The molecule has 0 aliphatic rings. The lowest BCUT2D eigenvalue weighted by atomic mass is 10.2. The van der Waals surface area contributed by atoms with Crippen LogP contribution in [0.2, 0.25) is 5.02 Å². The van der Waals surface area contributed by atoms with Crippen LogP contribution < -0.4 is 5.73 Å². The minimum atomic E-state index is 0.647. The summed E-state index contributed by atoms with van der Waals surface area (Å²) in [6.45, 7) is 0.647. The second-order valence-electron chi connectivity index (χ2n) is 3.20. The fourth-order valence-electron chi connectivity index (χ4n) is 1.31. The lowest BCUT2D eigenvalue weighted by molar-refractivity contribution is 0.688. The van der Waals surface area contributed by atoms with Gasteiger partial charge in [0.05, 0.1) is 17.2 Å². The molecule has 0 spiro atoms. The summed E-state index contributed by atoms with van der Waals surface area (Å²) in [5.41, 5.74) is 7.54. The highest BCUT2D eigenvalue weighted by atomic mass is 79.9. The second-order valence-corrected chi connectivity index (χ2v) is 4.55. The van der Waals surface area contributed by atoms with Gasteiger partial charge in [-0.05, 0) is 33.6 Å². The van der Waals surface area contributed by atoms with Crippen LogP contribution in [0.5, 0.6) is 0 Å². The first-order chi connectivity index (χ1) is 7.15. The molecule has 3 nitrogen and oxygen atoms in total. The quantitative estimate of drug-likeness (QED) is 0.863. The van der Waals surface area contributed by atoms with Crippen molar-refractivity contribution in [1.29, 1.82) is 0 Å². The molecule has 5 heteroatoms. The molecule has 1 aromatic heterocycles. The maximum Gasteiger partial charge on any atom is 0.0679 e. The van der Waals surface area contributed by atoms with E-state index in [1.807, 2.05) is 23.0 Å². The summed E-state index contributed by atoms with van der Waals surface area (Å²) < 4.78 is 2.76. The van der Waals surface area contributed by atoms with Crippen LogP contribution in [0.25, 0.3) is 0 Å². The van der Waals surface area contributed by atoms with Crippen LogP contribution in [0.1, 0.15) is 5.56 Å². The van der Waals surface area contributed by atoms with E-state index in [9.17, 15) is 0 Å². The summed E-state index contributed by atoms with van der Waals surface area (Å²) >= 11 is 9.15. The molecule has 0 bridgehead atoms. The average molecular weight is 287 g/mol. The number of nitrogens with two attached hydrogens (primary N) is 1. The Morgan fingerprint density at radius 3 is 2.87 bits per heavy atom. The van der Waals surface area contributed by atoms with Crippen molar-refractivity contribution in [1.82, 2.24) is 9.78 Å². The van der Waals surface area contributed by atoms with Crippen molar-refractivity contribution < 1.29 is 0 Å². The Labute approximate surface area is 101 Å². The predicted molar refractivity (Wildman–Crippen MR) is 64.9 cm³/mol. The molecule has 1 aromatic carbocycles. The van der Waals surface area contributed by atoms with Gasteiger partial charge in [0.1, 0.15) is 0 Å². The number of benzene rings is 1. The highest BCUT2D eigenvalue weighted by Gasteiger charge is 2.02. The second kappa shape index (κ2) is 4.24. The monoisotopic (exact) mass is 285 g/mol. The van der Waals surface area contributed by atoms with E-state index in [0.29, 0.717) is 17.3 Å². The van der Waals surface area contributed by atoms with E-state index in [4.69, 9.17) is 17.3 Å². The first kappa shape index (κ1) is 10.5. The number of nitrogen functional groups attached to an aromatic ring is 1. The van der Waals surface area contributed by atoms with Gasteiger partial charge in [-0.25, -0.2) is 0 Å². The number of aromatic nitrogens is 2. The van der Waals surface area contributed by atoms with Gasteiger partial charge in [-0.3, -0.25) is 4.68 Å². The molecule has 0 radical (unpaired) electrons. The van der Waals surface area contributed by atoms with E-state index < -0.39 is 0 Å². The molecule has 0 fully saturated rings. The zero-order chi connectivity index (χ0) is 10.8. The van der Waals surface area contributed by atoms with Gasteiger partial charge in [0.25, 0.3) is 0 Å². The Kier molecular flexibility index (Phi) is 2.98. The third-order valence-corrected chi connectivity index (χ3v) is 2.69. The van der Waals surface area contributed by atoms with Crippen LogP contribution in [-0.2, 0) is 6.54 Å². The lowest BCUT2D eigenvalue weighted by Gasteiger charge is -2.05. The predicted octanol–water partition coefficient (Wildman–Crippen LogP) is 2.93. The van der Waals surface area contributed by atoms with E-state index in [1.165, 1.54) is 0 Å². The first-order valence-corrected chi connectivity index (χ1v) is 5.54. The summed E-state index contributed by atoms with van der Waals surface area (Å²) in [7, 11) is 0. The Morgan fingerprint density at radius 1 is 1.47 bits per heavy atom. The maximum absolute atomic E-state index is 5.84. The molecule has 0 saturated carbocycles. The summed E-state index contributed by atoms with van der Waals surface area (Å²) in [5.74, 6) is 0. The minimum absolute atomic E-state index is 0.647. The number of hydrogen-bond acceptors (Lipinski definition) is 2. The van der Waals surface area contributed by atoms with Crippen molar-refractivity contribution in [2.24, 2.45) is 0 Å². The van der Waals surface area contributed by atoms with Gasteiger partial charge in [-0.15, -0.1) is 0 Å². The Hall–Kier alpha value is -1.00. The zero-order valence-corrected chi connectivity index (χ0v) is 10.2. The molecule has 0 unspecified atom stereocenters. The van der Waals surface area contributed by atoms with E-state index in [0.717, 1.165) is 10.0 Å². The molecule has 2 aromatic rings. The Bertz CT molecular complexity index is 481. The first-order valence-electron chi connectivity index (χ1n) is 4.37. The van der Waals surface area contributed by atoms with Crippen LogP contribution in [0.3, 0.4) is 0 Å². The molecular weight excluding hydrogens is 277 g/mol. The third kappa shape index (κ3) is 2.52. The standard InChI is InChI=1S/C10H9BrClN3/c11-8-4-14-15(6-8)5-7-1-2-9(12)3-10(7)13/h1-4,6H,5,13H2. The van der Waals surface area contributed by atoms with Crippen LogP contribution in [-0.4, -0.2) is 9.78 Å². The topological polar surface area (TPSA) is 43.8 Å². The molecule has 1 heterocycles. The highest BCUT2D eigenvalue weighted by molar-refractivity contribution is 9.10. The fraction of sp³-hybridized carbons (Fsp3) is 0.100. The van der Waals surface area contributed by atoms with Crippen molar-refractivity contribution in [3.8, 4) is 0 Å². The Morgan fingerprint density at radius 2 is 2.27 bits per heavy atom. The summed E-state index contributed by atoms with van der Waals surface area (Å²) in [4.78, 5) is 0. The molecule has 0 saturated heterocycles. The maximum atomic E-state index is 5.84. The largest absolute Gasteiger partial charge is 0.398 e. The van der Waals surface area contributed by atoms with Crippen molar-refractivity contribution in [3.63, 3.8) is 0 Å². The molecule has 0 amide bonds. The number of rotatable bonds is 2. The van der Waals surface area contributed by atoms with Crippen molar-refractivity contribution in [3.05, 3.63) is 45.7 Å². The van der Waals surface area contributed by atoms with E-state index >= 15 is 0 Å². The van der Waals surface area contributed by atoms with Crippen molar-refractivity contribution >= 4 is 33.2 Å². The molecule has 0 atom stereocenters. The van der Waals surface area contributed by atoms with Crippen LogP contribution in [0.4, 0.5) is 5.69 Å². The van der Waals surface area contributed by atoms with E-state index in [-0.39, 0.29) is 0 Å². The Balaban J connectivity index is 2.24. The van der Waals surface area contributed by atoms with Gasteiger partial charge in [0, 0.05) is 16.9 Å². The number of anilines is 1. The van der Waals surface area contributed by atoms with Crippen LogP contribution in [0.15, 0.2) is 35.1 Å². The van der Waals surface area contributed by atoms with Gasteiger partial charge < -0.3 is 5.73 Å². The molecule has 78 valence electrons. The lowest BCUT2D eigenvalue weighted by Crippen LogP contribution is -2.03. The average Bonchev–Trinajstić information content (AvgIpc) is 2.56. The zero-order valence-electron chi connectivity index (χ0n) is 7.82. The molecule has 2 rings (SSSR count). The van der Waals surface area contributed by atoms with Crippen LogP contribution >= 0.6 is 27.5 Å². The molecular formula is C10H9BrClN3. The molecule has 2 N–H and O–H groups in total. The van der Waals surface area contributed by atoms with E-state index in [2.05, 4.69) is 21.0 Å². The summed E-state index contributed by atoms with van der Waals surface area (Å²) in [6.07, 6.45) is 3.64. The number of halogens is 2. The molecule has 0 aliphatic heterocycles. The fourth-order valence-corrected chi connectivity index (χ4v) is 1.82. The van der Waals surface area contributed by atoms with Crippen LogP contribution in [0, 0.1) is 0 Å². The van der Waals surface area contributed by atoms with Crippen molar-refractivity contribution in [2.45, 2.75) is 6.54 Å². The highest BCUT2D eigenvalue weighted by Crippen LogP contribution is 2.19. The van der Waals surface area contributed by atoms with Gasteiger partial charge in [-0.1, -0.05) is 17.7 Å². The number of hydrogen-bond donors (Lipinski definition) is 1. The van der Waals surface area contributed by atoms with Gasteiger partial charge in [0.2, 0.25) is 0 Å². The van der Waals surface area contributed by atoms with Gasteiger partial charge >= 0.3 is 0 Å². The minimum Gasteiger partial charge on any atom is -0.398 e. The SMILES string of the molecule is Nc1cc(Cl)ccc1Cn1cc(Br)cn1. The smallest absolute Gasteiger partial charge is 0.0679 e. The van der Waals surface area contributed by atoms with Crippen molar-refractivity contribution in [2.75, 3.05) is 5.73 Å². The summed E-state index contributed by atoms with van der Waals surface area (Å²) in [6, 6.07) is 5.48. The normalized spacial score (nSPS) is 10.5.